The van der Waals surface area contributed by atoms with Crippen molar-refractivity contribution in [3.8, 4) is 0 Å². The number of carbonyl (C=O) groups excluding carboxylic acids is 1. The van der Waals surface area contributed by atoms with E-state index in [2.05, 4.69) is 0 Å². The van der Waals surface area contributed by atoms with Gasteiger partial charge >= 0.3 is 29.6 Å². The molecule has 0 fully saturated rings. The molecule has 0 bridgehead atoms. The molecule has 0 unspecified atom stereocenters. The van der Waals surface area contributed by atoms with Crippen LogP contribution in [-0.4, -0.2) is 24.5 Å². The van der Waals surface area contributed by atoms with Crippen molar-refractivity contribution < 1.29 is 47.3 Å². The molecule has 11 heavy (non-hydrogen) atoms. The maximum atomic E-state index is 10.2. The Labute approximate surface area is 88.4 Å². The van der Waals surface area contributed by atoms with Crippen LogP contribution in [0.3, 0.4) is 0 Å². The van der Waals surface area contributed by atoms with Gasteiger partial charge in [-0.25, -0.2) is 8.42 Å². The second-order valence-electron chi connectivity index (χ2n) is 2.07. The van der Waals surface area contributed by atoms with Crippen molar-refractivity contribution in [1.82, 2.24) is 0 Å². The van der Waals surface area contributed by atoms with Gasteiger partial charge in [-0.1, -0.05) is 0 Å². The van der Waals surface area contributed by atoms with Gasteiger partial charge < -0.3 is 9.35 Å². The van der Waals surface area contributed by atoms with Crippen molar-refractivity contribution in [2.24, 2.45) is 0 Å². The minimum Gasteiger partial charge on any atom is -0.748 e. The van der Waals surface area contributed by atoms with Crippen molar-refractivity contribution in [3.63, 3.8) is 0 Å². The fourth-order valence-electron chi connectivity index (χ4n) is 0.498. The Morgan fingerprint density at radius 3 is 2.18 bits per heavy atom. The van der Waals surface area contributed by atoms with E-state index < -0.39 is 15.9 Å². The average molecular weight is 188 g/mol. The van der Waals surface area contributed by atoms with Crippen molar-refractivity contribution in [3.05, 3.63) is 0 Å². The fraction of sp³-hybridized carbons (Fsp3) is 0.800. The molecule has 0 N–H and O–H groups in total. The van der Waals surface area contributed by atoms with E-state index in [1.165, 1.54) is 6.92 Å². The Kier molecular flexibility index (Phi) is 7.88. The molecule has 0 aromatic heterocycles. The maximum absolute atomic E-state index is 10.2. The summed E-state index contributed by atoms with van der Waals surface area (Å²) < 4.78 is 29.8. The molecule has 0 amide bonds. The summed E-state index contributed by atoms with van der Waals surface area (Å²) in [6.07, 6.45) is 0.308. The second-order valence-corrected chi connectivity index (χ2v) is 3.59. The Hall–Kier alpha value is 0.580. The van der Waals surface area contributed by atoms with Crippen LogP contribution < -0.4 is 29.6 Å². The Balaban J connectivity index is 0. The van der Waals surface area contributed by atoms with E-state index in [1.807, 2.05) is 0 Å². The smallest absolute Gasteiger partial charge is 0.748 e. The third-order valence-electron chi connectivity index (χ3n) is 0.923. The van der Waals surface area contributed by atoms with Gasteiger partial charge in [-0.15, -0.1) is 0 Å². The van der Waals surface area contributed by atoms with Crippen LogP contribution in [0.25, 0.3) is 0 Å². The number of ketones is 1. The molecule has 0 saturated heterocycles. The van der Waals surface area contributed by atoms with E-state index in [4.69, 9.17) is 0 Å². The van der Waals surface area contributed by atoms with Gasteiger partial charge in [-0.3, -0.25) is 0 Å². The first-order chi connectivity index (χ1) is 4.42. The topological polar surface area (TPSA) is 74.3 Å². The third kappa shape index (κ3) is 13.6. The molecule has 0 rings (SSSR count). The van der Waals surface area contributed by atoms with Gasteiger partial charge in [0.05, 0.1) is 10.1 Å². The summed E-state index contributed by atoms with van der Waals surface area (Å²) >= 11 is 0. The first kappa shape index (κ1) is 14.1. The Morgan fingerprint density at radius 1 is 1.45 bits per heavy atom. The van der Waals surface area contributed by atoms with Gasteiger partial charge in [0.25, 0.3) is 0 Å². The van der Waals surface area contributed by atoms with E-state index in [9.17, 15) is 17.8 Å². The molecule has 0 aromatic rings. The van der Waals surface area contributed by atoms with Gasteiger partial charge in [0.15, 0.2) is 0 Å². The van der Waals surface area contributed by atoms with Crippen molar-refractivity contribution in [2.45, 2.75) is 19.8 Å². The summed E-state index contributed by atoms with van der Waals surface area (Å²) in [6, 6.07) is 0. The van der Waals surface area contributed by atoms with E-state index in [0.29, 0.717) is 0 Å². The molecule has 0 radical (unpaired) electrons. The van der Waals surface area contributed by atoms with Crippen LogP contribution in [0, 0.1) is 0 Å². The molecule has 0 heterocycles. The summed E-state index contributed by atoms with van der Waals surface area (Å²) in [5.74, 6) is -0.532. The summed E-state index contributed by atoms with van der Waals surface area (Å²) in [7, 11) is -4.12. The molecular weight excluding hydrogens is 179 g/mol. The number of carbonyl (C=O) groups is 1. The fourth-order valence-corrected chi connectivity index (χ4v) is 0.996. The van der Waals surface area contributed by atoms with Gasteiger partial charge in [-0.2, -0.15) is 0 Å². The van der Waals surface area contributed by atoms with Crippen LogP contribution in [0.5, 0.6) is 0 Å². The van der Waals surface area contributed by atoms with Gasteiger partial charge in [0.2, 0.25) is 0 Å². The SMILES string of the molecule is CC(=O)CCCS(=O)(=O)[O-].[Na+]. The van der Waals surface area contributed by atoms with E-state index in [0.717, 1.165) is 0 Å². The van der Waals surface area contributed by atoms with Crippen LogP contribution in [-0.2, 0) is 14.9 Å². The molecule has 0 spiro atoms. The molecule has 0 aliphatic carbocycles. The number of hydrogen-bond acceptors (Lipinski definition) is 4. The molecule has 0 saturated carbocycles. The second kappa shape index (κ2) is 6.14. The minimum atomic E-state index is -4.12. The zero-order valence-electron chi connectivity index (χ0n) is 6.66. The number of Topliss-reactive ketones (excluding diaryl/α,β-unsaturated/α-hetero) is 1. The predicted octanol–water partition coefficient (Wildman–Crippen LogP) is -3.10. The maximum Gasteiger partial charge on any atom is 1.00 e. The van der Waals surface area contributed by atoms with Gasteiger partial charge in [0.1, 0.15) is 5.78 Å². The molecule has 60 valence electrons. The van der Waals surface area contributed by atoms with Crippen LogP contribution >= 0.6 is 0 Å². The molecule has 0 aliphatic heterocycles. The van der Waals surface area contributed by atoms with Gasteiger partial charge in [-0.05, 0) is 13.3 Å². The molecule has 4 nitrogen and oxygen atoms in total. The quantitative estimate of drug-likeness (QED) is 0.346. The van der Waals surface area contributed by atoms with Crippen LogP contribution in [0.2, 0.25) is 0 Å². The Morgan fingerprint density at radius 2 is 1.91 bits per heavy atom. The zero-order valence-corrected chi connectivity index (χ0v) is 9.48. The summed E-state index contributed by atoms with van der Waals surface area (Å²) in [6.45, 7) is 1.36. The van der Waals surface area contributed by atoms with E-state index in [1.54, 1.807) is 0 Å². The van der Waals surface area contributed by atoms with Crippen LogP contribution in [0.15, 0.2) is 0 Å². The summed E-state index contributed by atoms with van der Waals surface area (Å²) in [4.78, 5) is 10.2. The van der Waals surface area contributed by atoms with E-state index in [-0.39, 0.29) is 48.2 Å². The molecular formula is C5H9NaO4S. The first-order valence-electron chi connectivity index (χ1n) is 2.85. The summed E-state index contributed by atoms with van der Waals surface area (Å²) in [5, 5.41) is 0. The van der Waals surface area contributed by atoms with Crippen LogP contribution in [0.4, 0.5) is 0 Å². The van der Waals surface area contributed by atoms with Crippen LogP contribution in [0.1, 0.15) is 19.8 Å². The number of hydrogen-bond donors (Lipinski definition) is 0. The molecule has 0 aliphatic rings. The van der Waals surface area contributed by atoms with E-state index >= 15 is 0 Å². The minimum absolute atomic E-state index is 0. The molecule has 6 heteroatoms. The van der Waals surface area contributed by atoms with Crippen molar-refractivity contribution in [1.29, 1.82) is 0 Å². The Bertz CT molecular complexity index is 209. The average Bonchev–Trinajstić information content (AvgIpc) is 1.59. The zero-order chi connectivity index (χ0) is 8.20. The van der Waals surface area contributed by atoms with Crippen molar-refractivity contribution >= 4 is 15.9 Å². The van der Waals surface area contributed by atoms with Gasteiger partial charge in [0, 0.05) is 12.2 Å². The third-order valence-corrected chi connectivity index (χ3v) is 1.71. The molecule has 0 aromatic carbocycles. The summed E-state index contributed by atoms with van der Waals surface area (Å²) in [5.41, 5.74) is 0. The monoisotopic (exact) mass is 188 g/mol. The largest absolute Gasteiger partial charge is 1.00 e. The van der Waals surface area contributed by atoms with Crippen molar-refractivity contribution in [2.75, 3.05) is 5.75 Å². The normalized spacial score (nSPS) is 10.4. The number of rotatable bonds is 4. The first-order valence-corrected chi connectivity index (χ1v) is 4.42. The standard InChI is InChI=1S/C5H10O4S.Na/c1-5(6)3-2-4-10(7,8)9;/h2-4H2,1H3,(H,7,8,9);/q;+1/p-1. The molecule has 0 atom stereocenters. The predicted molar refractivity (Wildman–Crippen MR) is 34.5 cm³/mol.